The first-order valence-corrected chi connectivity index (χ1v) is 10.9. The minimum Gasteiger partial charge on any atom is -0.494 e. The zero-order chi connectivity index (χ0) is 22.5. The second-order valence-electron chi connectivity index (χ2n) is 5.86. The summed E-state index contributed by atoms with van der Waals surface area (Å²) in [5.41, 5.74) is 1.92. The van der Waals surface area contributed by atoms with Gasteiger partial charge >= 0.3 is 8.60 Å². The van der Waals surface area contributed by atoms with E-state index in [1.807, 2.05) is 0 Å². The number of carbonyl (C=O) groups excluding carboxylic acids is 1. The lowest BCUT2D eigenvalue weighted by Crippen LogP contribution is -2.19. The molecular formula is C17H17ClN5O6PS. The number of halogens is 1. The van der Waals surface area contributed by atoms with E-state index >= 15 is 0 Å². The van der Waals surface area contributed by atoms with E-state index in [0.29, 0.717) is 22.6 Å². The summed E-state index contributed by atoms with van der Waals surface area (Å²) in [7, 11) is 0.279. The second kappa shape index (κ2) is 10.2. The minimum atomic E-state index is -2.61. The first-order chi connectivity index (χ1) is 14.8. The van der Waals surface area contributed by atoms with Gasteiger partial charge < -0.3 is 19.3 Å². The van der Waals surface area contributed by atoms with Gasteiger partial charge in [0, 0.05) is 23.0 Å². The van der Waals surface area contributed by atoms with Crippen LogP contribution in [0.1, 0.15) is 16.1 Å². The fourth-order valence-corrected chi connectivity index (χ4v) is 3.61. The van der Waals surface area contributed by atoms with Crippen molar-refractivity contribution < 1.29 is 28.6 Å². The first kappa shape index (κ1) is 23.2. The van der Waals surface area contributed by atoms with Crippen LogP contribution in [0, 0.1) is 6.92 Å². The fraction of sp³-hybridized carbons (Fsp3) is 0.235. The van der Waals surface area contributed by atoms with Gasteiger partial charge in [0.1, 0.15) is 10.9 Å². The van der Waals surface area contributed by atoms with Gasteiger partial charge in [-0.15, -0.1) is 5.10 Å². The van der Waals surface area contributed by atoms with Crippen LogP contribution in [-0.2, 0) is 11.3 Å². The highest BCUT2D eigenvalue weighted by Gasteiger charge is 2.19. The summed E-state index contributed by atoms with van der Waals surface area (Å²) in [5.74, 6) is -0.195. The molecule has 0 radical (unpaired) electrons. The van der Waals surface area contributed by atoms with Crippen LogP contribution < -0.4 is 14.3 Å². The average molecular weight is 486 g/mol. The Morgan fingerprint density at radius 1 is 1.23 bits per heavy atom. The third-order valence-corrected chi connectivity index (χ3v) is 5.34. The largest absolute Gasteiger partial charge is 0.494 e. The summed E-state index contributed by atoms with van der Waals surface area (Å²) in [6, 6.07) is 3.30. The van der Waals surface area contributed by atoms with Gasteiger partial charge in [0.2, 0.25) is 4.80 Å². The number of ether oxygens (including phenoxy) is 2. The van der Waals surface area contributed by atoms with Crippen molar-refractivity contribution in [3.05, 3.63) is 45.7 Å². The Hall–Kier alpha value is -2.47. The molecule has 0 saturated carbocycles. The Bertz CT molecular complexity index is 1170. The van der Waals surface area contributed by atoms with Crippen molar-refractivity contribution in [3.63, 3.8) is 0 Å². The van der Waals surface area contributed by atoms with E-state index in [-0.39, 0.29) is 27.4 Å². The molecule has 14 heteroatoms. The Morgan fingerprint density at radius 2 is 2.00 bits per heavy atom. The van der Waals surface area contributed by atoms with Crippen LogP contribution in [0.3, 0.4) is 0 Å². The van der Waals surface area contributed by atoms with E-state index in [4.69, 9.17) is 35.4 Å². The lowest BCUT2D eigenvalue weighted by Gasteiger charge is -2.12. The molecule has 0 unspecified atom stereocenters. The average Bonchev–Trinajstić information content (AvgIpc) is 3.13. The van der Waals surface area contributed by atoms with Crippen molar-refractivity contribution >= 4 is 37.4 Å². The molecule has 0 bridgehead atoms. The number of aromatic nitrogens is 4. The Balaban J connectivity index is 2.10. The molecule has 11 nitrogen and oxygen atoms in total. The maximum Gasteiger partial charge on any atom is 0.328 e. The van der Waals surface area contributed by atoms with E-state index in [9.17, 15) is 4.79 Å². The summed E-state index contributed by atoms with van der Waals surface area (Å²) in [5, 5.41) is 4.49. The molecule has 0 aromatic carbocycles. The number of amides is 1. The molecule has 0 aliphatic carbocycles. The van der Waals surface area contributed by atoms with Gasteiger partial charge in [0.05, 0.1) is 26.0 Å². The number of pyridine rings is 2. The summed E-state index contributed by atoms with van der Waals surface area (Å²) >= 11 is 7.04. The van der Waals surface area contributed by atoms with Crippen molar-refractivity contribution in [1.29, 1.82) is 0 Å². The molecule has 1 amide bonds. The number of nitrogens with zero attached hydrogens (tertiary/aromatic N) is 5. The van der Waals surface area contributed by atoms with E-state index in [2.05, 4.69) is 20.1 Å². The minimum absolute atomic E-state index is 0.130. The van der Waals surface area contributed by atoms with Crippen LogP contribution in [0.25, 0.3) is 11.1 Å². The van der Waals surface area contributed by atoms with E-state index in [1.165, 1.54) is 31.3 Å². The van der Waals surface area contributed by atoms with Crippen molar-refractivity contribution in [2.24, 2.45) is 4.99 Å². The zero-order valence-corrected chi connectivity index (χ0v) is 19.0. The molecular weight excluding hydrogens is 469 g/mol. The summed E-state index contributed by atoms with van der Waals surface area (Å²) in [6.45, 7) is 1.45. The molecule has 3 aromatic heterocycles. The number of hydrogen-bond donors (Lipinski definition) is 2. The van der Waals surface area contributed by atoms with Crippen LogP contribution in [0.4, 0.5) is 0 Å². The molecule has 0 fully saturated rings. The Labute approximate surface area is 186 Å². The summed E-state index contributed by atoms with van der Waals surface area (Å²) in [6.07, 6.45) is 2.87. The molecule has 0 atom stereocenters. The molecule has 3 aromatic rings. The molecule has 2 N–H and O–H groups in total. The normalized spacial score (nSPS) is 11.8. The molecule has 164 valence electrons. The quantitative estimate of drug-likeness (QED) is 0.381. The Morgan fingerprint density at radius 3 is 2.68 bits per heavy atom. The van der Waals surface area contributed by atoms with Gasteiger partial charge in [-0.05, 0) is 30.4 Å². The monoisotopic (exact) mass is 485 g/mol. The van der Waals surface area contributed by atoms with Crippen LogP contribution in [-0.4, -0.2) is 49.7 Å². The summed E-state index contributed by atoms with van der Waals surface area (Å²) in [4.78, 5) is 43.5. The standard InChI is InChI=1S/C17H17ClN5O6PS/c1-9-4-10(11-5-14(18)20-7-13(11)27-2)12(6-19-9)15(24)21-16-23(8-29-30(25)26)22-17(28-3)31-16/h4-7,25-26H,8H2,1-3H3/b21-16-. The Kier molecular flexibility index (Phi) is 7.65. The highest BCUT2D eigenvalue weighted by atomic mass is 35.5. The molecule has 31 heavy (non-hydrogen) atoms. The van der Waals surface area contributed by atoms with E-state index < -0.39 is 14.5 Å². The number of aryl methyl sites for hydroxylation is 1. The fourth-order valence-electron chi connectivity index (χ4n) is 2.54. The van der Waals surface area contributed by atoms with Gasteiger partial charge in [-0.25, -0.2) is 9.67 Å². The van der Waals surface area contributed by atoms with Crippen LogP contribution in [0.5, 0.6) is 10.9 Å². The number of hydrogen-bond acceptors (Lipinski definition) is 10. The van der Waals surface area contributed by atoms with Crippen molar-refractivity contribution in [2.45, 2.75) is 13.7 Å². The zero-order valence-electron chi connectivity index (χ0n) is 16.5. The van der Waals surface area contributed by atoms with Crippen LogP contribution in [0.2, 0.25) is 5.15 Å². The van der Waals surface area contributed by atoms with Gasteiger partial charge in [0.15, 0.2) is 6.73 Å². The highest BCUT2D eigenvalue weighted by molar-refractivity contribution is 7.39. The molecule has 0 spiro atoms. The third-order valence-electron chi connectivity index (χ3n) is 3.88. The van der Waals surface area contributed by atoms with Crippen molar-refractivity contribution in [3.8, 4) is 22.1 Å². The topological polar surface area (TPSA) is 141 Å². The predicted octanol–water partition coefficient (Wildman–Crippen LogP) is 2.31. The van der Waals surface area contributed by atoms with Gasteiger partial charge in [-0.3, -0.25) is 14.3 Å². The SMILES string of the molecule is COc1nn(COP(O)O)/c(=N/C(=O)c2cnc(C)cc2-c2cc(Cl)ncc2OC)s1. The molecule has 0 aliphatic rings. The van der Waals surface area contributed by atoms with Gasteiger partial charge in [-0.2, -0.15) is 4.99 Å². The predicted molar refractivity (Wildman–Crippen MR) is 113 cm³/mol. The van der Waals surface area contributed by atoms with E-state index in [0.717, 1.165) is 11.3 Å². The molecule has 0 aliphatic heterocycles. The number of carbonyl (C=O) groups is 1. The van der Waals surface area contributed by atoms with Crippen LogP contribution >= 0.6 is 31.5 Å². The molecule has 0 saturated heterocycles. The van der Waals surface area contributed by atoms with Crippen molar-refractivity contribution in [2.75, 3.05) is 14.2 Å². The second-order valence-corrected chi connectivity index (χ2v) is 7.93. The van der Waals surface area contributed by atoms with Crippen molar-refractivity contribution in [1.82, 2.24) is 19.7 Å². The lowest BCUT2D eigenvalue weighted by molar-refractivity contribution is 0.0996. The highest BCUT2D eigenvalue weighted by Crippen LogP contribution is 2.34. The van der Waals surface area contributed by atoms with Gasteiger partial charge in [0.25, 0.3) is 11.1 Å². The van der Waals surface area contributed by atoms with Crippen LogP contribution in [0.15, 0.2) is 29.5 Å². The first-order valence-electron chi connectivity index (χ1n) is 8.50. The maximum atomic E-state index is 13.1. The smallest absolute Gasteiger partial charge is 0.328 e. The number of methoxy groups -OCH3 is 2. The third kappa shape index (κ3) is 5.62. The number of rotatable bonds is 7. The summed E-state index contributed by atoms with van der Waals surface area (Å²) < 4.78 is 16.4. The molecule has 3 heterocycles. The van der Waals surface area contributed by atoms with E-state index in [1.54, 1.807) is 19.1 Å². The van der Waals surface area contributed by atoms with Gasteiger partial charge in [-0.1, -0.05) is 11.6 Å². The lowest BCUT2D eigenvalue weighted by atomic mass is 10.0. The maximum absolute atomic E-state index is 13.1. The molecule has 3 rings (SSSR count).